The van der Waals surface area contributed by atoms with Crippen molar-refractivity contribution in [2.45, 2.75) is 26.8 Å². The lowest BCUT2D eigenvalue weighted by Crippen LogP contribution is -2.49. The van der Waals surface area contributed by atoms with Gasteiger partial charge in [0.25, 0.3) is 5.91 Å². The smallest absolute Gasteiger partial charge is 0.277 e. The average molecular weight is 366 g/mol. The minimum absolute atomic E-state index is 0.305. The number of aromatic nitrogens is 5. The highest BCUT2D eigenvalue weighted by molar-refractivity contribution is 6.02. The van der Waals surface area contributed by atoms with Gasteiger partial charge in [0.2, 0.25) is 0 Å². The second-order valence-corrected chi connectivity index (χ2v) is 6.86. The molecule has 0 spiro atoms. The first kappa shape index (κ1) is 17.3. The Kier molecular flexibility index (Phi) is 4.44. The first-order chi connectivity index (χ1) is 13.0. The number of hydrogen-bond acceptors (Lipinski definition) is 7. The van der Waals surface area contributed by atoms with Gasteiger partial charge in [0.05, 0.1) is 11.4 Å². The number of nitrogens with one attached hydrogen (secondary N) is 2. The molecule has 27 heavy (non-hydrogen) atoms. The van der Waals surface area contributed by atoms with Crippen molar-refractivity contribution in [3.63, 3.8) is 0 Å². The quantitative estimate of drug-likeness (QED) is 0.718. The van der Waals surface area contributed by atoms with Gasteiger partial charge >= 0.3 is 0 Å². The maximum absolute atomic E-state index is 12.6. The van der Waals surface area contributed by atoms with Crippen LogP contribution in [-0.2, 0) is 0 Å². The summed E-state index contributed by atoms with van der Waals surface area (Å²) in [6.45, 7) is 8.57. The Labute approximate surface area is 156 Å². The zero-order valence-corrected chi connectivity index (χ0v) is 15.6. The molecule has 3 aromatic heterocycles. The van der Waals surface area contributed by atoms with Gasteiger partial charge in [-0.3, -0.25) is 4.79 Å². The summed E-state index contributed by atoms with van der Waals surface area (Å²) in [5, 5.41) is 14.5. The molecule has 1 aliphatic rings. The Morgan fingerprint density at radius 2 is 2.07 bits per heavy atom. The van der Waals surface area contributed by atoms with E-state index in [1.54, 1.807) is 12.3 Å². The van der Waals surface area contributed by atoms with Crippen molar-refractivity contribution >= 4 is 23.2 Å². The normalized spacial score (nSPS) is 17.3. The Bertz CT molecular complexity index is 981. The highest BCUT2D eigenvalue weighted by Gasteiger charge is 2.18. The van der Waals surface area contributed by atoms with Crippen LogP contribution in [0.4, 0.5) is 11.6 Å². The van der Waals surface area contributed by atoms with Gasteiger partial charge in [-0.05, 0) is 32.9 Å². The lowest BCUT2D eigenvalue weighted by molar-refractivity contribution is 0.102. The standard InChI is InChI=1S/C18H22N8O/c1-11-8-25(7-6-19-11)16-5-4-15(23-24-16)22-18(27)14-10-26-9-12(2)20-17(26)13(3)21-14/h4-5,9-11,19H,6-8H2,1-3H3,(H,22,23,27)/t11-/m0/s1. The topological polar surface area (TPSA) is 100 Å². The Morgan fingerprint density at radius 3 is 2.81 bits per heavy atom. The van der Waals surface area contributed by atoms with E-state index in [9.17, 15) is 4.79 Å². The number of anilines is 2. The van der Waals surface area contributed by atoms with Crippen molar-refractivity contribution in [3.05, 3.63) is 41.6 Å². The summed E-state index contributed by atoms with van der Waals surface area (Å²) in [4.78, 5) is 23.5. The maximum atomic E-state index is 12.6. The van der Waals surface area contributed by atoms with Crippen LogP contribution < -0.4 is 15.5 Å². The Balaban J connectivity index is 1.49. The van der Waals surface area contributed by atoms with Gasteiger partial charge < -0.3 is 19.9 Å². The molecule has 1 atom stereocenters. The zero-order valence-electron chi connectivity index (χ0n) is 15.6. The Hall–Kier alpha value is -3.07. The van der Waals surface area contributed by atoms with Gasteiger partial charge in [-0.15, -0.1) is 10.2 Å². The van der Waals surface area contributed by atoms with E-state index in [1.165, 1.54) is 0 Å². The predicted octanol–water partition coefficient (Wildman–Crippen LogP) is 1.19. The molecule has 0 bridgehead atoms. The van der Waals surface area contributed by atoms with E-state index in [-0.39, 0.29) is 5.91 Å². The van der Waals surface area contributed by atoms with Gasteiger partial charge in [-0.25, -0.2) is 9.97 Å². The van der Waals surface area contributed by atoms with Crippen LogP contribution in [0.25, 0.3) is 5.65 Å². The molecule has 0 saturated carbocycles. The molecule has 0 radical (unpaired) electrons. The maximum Gasteiger partial charge on any atom is 0.277 e. The summed E-state index contributed by atoms with van der Waals surface area (Å²) < 4.78 is 1.81. The van der Waals surface area contributed by atoms with Crippen molar-refractivity contribution in [1.82, 2.24) is 29.9 Å². The van der Waals surface area contributed by atoms with E-state index in [4.69, 9.17) is 0 Å². The van der Waals surface area contributed by atoms with Crippen molar-refractivity contribution in [1.29, 1.82) is 0 Å². The van der Waals surface area contributed by atoms with Crippen LogP contribution in [-0.4, -0.2) is 56.1 Å². The van der Waals surface area contributed by atoms with Gasteiger partial charge in [0, 0.05) is 38.1 Å². The molecule has 0 aromatic carbocycles. The number of carbonyl (C=O) groups is 1. The summed E-state index contributed by atoms with van der Waals surface area (Å²) in [5.41, 5.74) is 2.63. The van der Waals surface area contributed by atoms with E-state index < -0.39 is 0 Å². The van der Waals surface area contributed by atoms with Crippen molar-refractivity contribution in [2.75, 3.05) is 29.9 Å². The summed E-state index contributed by atoms with van der Waals surface area (Å²) >= 11 is 0. The number of nitrogens with zero attached hydrogens (tertiary/aromatic N) is 6. The minimum atomic E-state index is -0.329. The van der Waals surface area contributed by atoms with Crippen LogP contribution in [0.15, 0.2) is 24.5 Å². The first-order valence-electron chi connectivity index (χ1n) is 8.96. The second-order valence-electron chi connectivity index (χ2n) is 6.86. The lowest BCUT2D eigenvalue weighted by atomic mass is 10.2. The van der Waals surface area contributed by atoms with E-state index in [1.807, 2.05) is 30.5 Å². The fourth-order valence-corrected chi connectivity index (χ4v) is 3.26. The first-order valence-corrected chi connectivity index (χ1v) is 8.96. The summed E-state index contributed by atoms with van der Waals surface area (Å²) in [7, 11) is 0. The van der Waals surface area contributed by atoms with E-state index in [2.05, 4.69) is 42.6 Å². The fraction of sp³-hybridized carbons (Fsp3) is 0.389. The molecule has 0 aliphatic carbocycles. The molecule has 1 aliphatic heterocycles. The van der Waals surface area contributed by atoms with Crippen LogP contribution in [0.1, 0.15) is 28.8 Å². The van der Waals surface area contributed by atoms with Gasteiger partial charge in [0.1, 0.15) is 5.69 Å². The summed E-state index contributed by atoms with van der Waals surface area (Å²) in [5.74, 6) is 0.878. The number of hydrogen-bond donors (Lipinski definition) is 2. The third kappa shape index (κ3) is 3.59. The molecule has 4 rings (SSSR count). The van der Waals surface area contributed by atoms with Crippen molar-refractivity contribution in [2.24, 2.45) is 0 Å². The summed E-state index contributed by atoms with van der Waals surface area (Å²) in [6, 6.07) is 4.05. The summed E-state index contributed by atoms with van der Waals surface area (Å²) in [6.07, 6.45) is 3.53. The number of aryl methyl sites for hydroxylation is 2. The molecule has 4 heterocycles. The highest BCUT2D eigenvalue weighted by atomic mass is 16.2. The zero-order chi connectivity index (χ0) is 19.0. The molecule has 0 unspecified atom stereocenters. The van der Waals surface area contributed by atoms with Crippen LogP contribution in [0.3, 0.4) is 0 Å². The van der Waals surface area contributed by atoms with E-state index in [0.717, 1.165) is 36.8 Å². The van der Waals surface area contributed by atoms with Crippen molar-refractivity contribution in [3.8, 4) is 0 Å². The van der Waals surface area contributed by atoms with Crippen LogP contribution in [0.2, 0.25) is 0 Å². The molecule has 3 aromatic rings. The number of piperazine rings is 1. The largest absolute Gasteiger partial charge is 0.352 e. The minimum Gasteiger partial charge on any atom is -0.352 e. The SMILES string of the molecule is Cc1cn2cc(C(=O)Nc3ccc(N4CCN[C@@H](C)C4)nn3)nc(C)c2n1. The van der Waals surface area contributed by atoms with Gasteiger partial charge in [0.15, 0.2) is 17.3 Å². The molecule has 1 fully saturated rings. The highest BCUT2D eigenvalue weighted by Crippen LogP contribution is 2.15. The van der Waals surface area contributed by atoms with Gasteiger partial charge in [-0.2, -0.15) is 0 Å². The monoisotopic (exact) mass is 366 g/mol. The molecule has 1 amide bonds. The van der Waals surface area contributed by atoms with Gasteiger partial charge in [-0.1, -0.05) is 0 Å². The number of rotatable bonds is 3. The average Bonchev–Trinajstić information content (AvgIpc) is 3.03. The van der Waals surface area contributed by atoms with E-state index in [0.29, 0.717) is 23.2 Å². The van der Waals surface area contributed by atoms with Crippen LogP contribution in [0.5, 0.6) is 0 Å². The molecule has 1 saturated heterocycles. The second kappa shape index (κ2) is 6.92. The number of fused-ring (bicyclic) bond motifs is 1. The molecule has 140 valence electrons. The lowest BCUT2D eigenvalue weighted by Gasteiger charge is -2.32. The third-order valence-corrected chi connectivity index (χ3v) is 4.54. The third-order valence-electron chi connectivity index (χ3n) is 4.54. The molecule has 9 heteroatoms. The number of amides is 1. The van der Waals surface area contributed by atoms with Crippen molar-refractivity contribution < 1.29 is 4.79 Å². The Morgan fingerprint density at radius 1 is 1.22 bits per heavy atom. The molecular formula is C18H22N8O. The predicted molar refractivity (Wildman–Crippen MR) is 102 cm³/mol. The number of carbonyl (C=O) groups excluding carboxylic acids is 1. The fourth-order valence-electron chi connectivity index (χ4n) is 3.26. The van der Waals surface area contributed by atoms with E-state index >= 15 is 0 Å². The molecule has 2 N–H and O–H groups in total. The molecule has 9 nitrogen and oxygen atoms in total. The number of imidazole rings is 1. The molecular weight excluding hydrogens is 344 g/mol. The van der Waals surface area contributed by atoms with Crippen LogP contribution >= 0.6 is 0 Å². The van der Waals surface area contributed by atoms with Crippen LogP contribution in [0, 0.1) is 13.8 Å².